The van der Waals surface area contributed by atoms with Gasteiger partial charge < -0.3 is 9.47 Å². The minimum Gasteiger partial charge on any atom is -0.494 e. The lowest BCUT2D eigenvalue weighted by Gasteiger charge is -2.01. The third kappa shape index (κ3) is 3.42. The summed E-state index contributed by atoms with van der Waals surface area (Å²) in [5.74, 6) is 0.403. The zero-order valence-corrected chi connectivity index (χ0v) is 8.77. The topological polar surface area (TPSA) is 48.4 Å². The summed E-state index contributed by atoms with van der Waals surface area (Å²) >= 11 is 0. The summed E-state index contributed by atoms with van der Waals surface area (Å²) in [7, 11) is 2.94. The standard InChI is InChI=1S/C11H13NO3/c1-14-10-6-4-8-12-9(10)5-3-7-11(13)15-2/h3-6,8H,7H2,1-2H3. The van der Waals surface area contributed by atoms with Crippen LogP contribution in [0.3, 0.4) is 0 Å². The maximum Gasteiger partial charge on any atom is 0.309 e. The summed E-state index contributed by atoms with van der Waals surface area (Å²) in [4.78, 5) is 14.9. The first kappa shape index (κ1) is 11.2. The molecule has 0 aromatic carbocycles. The van der Waals surface area contributed by atoms with E-state index in [0.717, 1.165) is 0 Å². The second-order valence-corrected chi connectivity index (χ2v) is 2.77. The van der Waals surface area contributed by atoms with E-state index in [-0.39, 0.29) is 12.4 Å². The molecule has 0 spiro atoms. The highest BCUT2D eigenvalue weighted by molar-refractivity contribution is 5.72. The monoisotopic (exact) mass is 207 g/mol. The van der Waals surface area contributed by atoms with Gasteiger partial charge in [0.05, 0.1) is 20.6 Å². The van der Waals surface area contributed by atoms with Gasteiger partial charge in [0, 0.05) is 6.20 Å². The molecule has 0 aliphatic carbocycles. The Morgan fingerprint density at radius 1 is 1.53 bits per heavy atom. The molecule has 0 unspecified atom stereocenters. The van der Waals surface area contributed by atoms with Crippen LogP contribution in [0.25, 0.3) is 6.08 Å². The van der Waals surface area contributed by atoms with E-state index < -0.39 is 0 Å². The van der Waals surface area contributed by atoms with Gasteiger partial charge in [0.15, 0.2) is 0 Å². The van der Waals surface area contributed by atoms with Gasteiger partial charge in [0.1, 0.15) is 11.4 Å². The molecule has 0 saturated heterocycles. The SMILES string of the molecule is COC(=O)CC=Cc1ncccc1OC. The van der Waals surface area contributed by atoms with Crippen molar-refractivity contribution in [2.45, 2.75) is 6.42 Å². The smallest absolute Gasteiger partial charge is 0.309 e. The van der Waals surface area contributed by atoms with Crippen molar-refractivity contribution in [2.75, 3.05) is 14.2 Å². The van der Waals surface area contributed by atoms with Crippen LogP contribution in [-0.4, -0.2) is 25.2 Å². The van der Waals surface area contributed by atoms with Crippen LogP contribution < -0.4 is 4.74 Å². The summed E-state index contributed by atoms with van der Waals surface area (Å²) in [6.07, 6.45) is 5.32. The number of hydrogen-bond donors (Lipinski definition) is 0. The van der Waals surface area contributed by atoms with Crippen molar-refractivity contribution >= 4 is 12.0 Å². The van der Waals surface area contributed by atoms with Gasteiger partial charge in [-0.25, -0.2) is 0 Å². The van der Waals surface area contributed by atoms with Gasteiger partial charge in [-0.2, -0.15) is 0 Å². The molecule has 0 atom stereocenters. The number of pyridine rings is 1. The highest BCUT2D eigenvalue weighted by Crippen LogP contribution is 2.15. The van der Waals surface area contributed by atoms with Crippen LogP contribution in [0.2, 0.25) is 0 Å². The average Bonchev–Trinajstić information content (AvgIpc) is 2.29. The van der Waals surface area contributed by atoms with Gasteiger partial charge in [-0.3, -0.25) is 9.78 Å². The minimum atomic E-state index is -0.277. The Kier molecular flexibility index (Phi) is 4.34. The molecule has 0 N–H and O–H groups in total. The van der Waals surface area contributed by atoms with Gasteiger partial charge in [-0.1, -0.05) is 6.08 Å². The van der Waals surface area contributed by atoms with Gasteiger partial charge in [-0.15, -0.1) is 0 Å². The van der Waals surface area contributed by atoms with E-state index in [9.17, 15) is 4.79 Å². The van der Waals surface area contributed by atoms with Gasteiger partial charge in [-0.05, 0) is 18.2 Å². The lowest BCUT2D eigenvalue weighted by Crippen LogP contribution is -1.97. The molecule has 0 aliphatic heterocycles. The molecule has 1 aromatic rings. The summed E-state index contributed by atoms with van der Waals surface area (Å²) < 4.78 is 9.60. The Hall–Kier alpha value is -1.84. The Labute approximate surface area is 88.5 Å². The Bertz CT molecular complexity index is 361. The number of ether oxygens (including phenoxy) is 2. The van der Waals surface area contributed by atoms with Crippen molar-refractivity contribution < 1.29 is 14.3 Å². The zero-order chi connectivity index (χ0) is 11.1. The molecule has 0 aliphatic rings. The Morgan fingerprint density at radius 2 is 2.33 bits per heavy atom. The number of aromatic nitrogens is 1. The largest absolute Gasteiger partial charge is 0.494 e. The molecule has 4 heteroatoms. The van der Waals surface area contributed by atoms with Gasteiger partial charge >= 0.3 is 5.97 Å². The quantitative estimate of drug-likeness (QED) is 0.704. The Morgan fingerprint density at radius 3 is 3.00 bits per heavy atom. The predicted octanol–water partition coefficient (Wildman–Crippen LogP) is 1.67. The van der Waals surface area contributed by atoms with Crippen molar-refractivity contribution in [1.82, 2.24) is 4.98 Å². The van der Waals surface area contributed by atoms with Crippen LogP contribution in [0.15, 0.2) is 24.4 Å². The lowest BCUT2D eigenvalue weighted by molar-refractivity contribution is -0.139. The van der Waals surface area contributed by atoms with E-state index >= 15 is 0 Å². The average molecular weight is 207 g/mol. The molecule has 1 aromatic heterocycles. The molecular formula is C11H13NO3. The maximum atomic E-state index is 10.8. The first-order chi connectivity index (χ1) is 7.27. The molecule has 0 radical (unpaired) electrons. The second-order valence-electron chi connectivity index (χ2n) is 2.77. The number of esters is 1. The third-order valence-electron chi connectivity index (χ3n) is 1.81. The van der Waals surface area contributed by atoms with Crippen molar-refractivity contribution in [2.24, 2.45) is 0 Å². The summed E-state index contributed by atoms with van der Waals surface area (Å²) in [6.45, 7) is 0. The number of rotatable bonds is 4. The van der Waals surface area contributed by atoms with Crippen molar-refractivity contribution in [3.63, 3.8) is 0 Å². The fourth-order valence-electron chi connectivity index (χ4n) is 1.05. The first-order valence-corrected chi connectivity index (χ1v) is 4.50. The fourth-order valence-corrected chi connectivity index (χ4v) is 1.05. The molecule has 0 amide bonds. The van der Waals surface area contributed by atoms with E-state index in [2.05, 4.69) is 9.72 Å². The van der Waals surface area contributed by atoms with E-state index in [4.69, 9.17) is 4.74 Å². The maximum absolute atomic E-state index is 10.8. The molecule has 1 rings (SSSR count). The molecule has 4 nitrogen and oxygen atoms in total. The number of methoxy groups -OCH3 is 2. The molecule has 80 valence electrons. The molecule has 15 heavy (non-hydrogen) atoms. The van der Waals surface area contributed by atoms with E-state index in [1.807, 2.05) is 6.07 Å². The number of carbonyl (C=O) groups is 1. The summed E-state index contributed by atoms with van der Waals surface area (Å²) in [5, 5.41) is 0. The van der Waals surface area contributed by atoms with Gasteiger partial charge in [0.25, 0.3) is 0 Å². The van der Waals surface area contributed by atoms with Crippen LogP contribution in [0, 0.1) is 0 Å². The second kappa shape index (κ2) is 5.80. The van der Waals surface area contributed by atoms with Crippen LogP contribution in [0.1, 0.15) is 12.1 Å². The predicted molar refractivity (Wildman–Crippen MR) is 56.5 cm³/mol. The minimum absolute atomic E-state index is 0.232. The number of carbonyl (C=O) groups excluding carboxylic acids is 1. The van der Waals surface area contributed by atoms with Crippen LogP contribution >= 0.6 is 0 Å². The normalized spacial score (nSPS) is 10.3. The van der Waals surface area contributed by atoms with Crippen molar-refractivity contribution in [3.05, 3.63) is 30.1 Å². The molecular weight excluding hydrogens is 194 g/mol. The van der Waals surface area contributed by atoms with E-state index in [0.29, 0.717) is 11.4 Å². The van der Waals surface area contributed by atoms with Crippen LogP contribution in [-0.2, 0) is 9.53 Å². The highest BCUT2D eigenvalue weighted by Gasteiger charge is 1.99. The molecule has 1 heterocycles. The van der Waals surface area contributed by atoms with E-state index in [1.54, 1.807) is 31.5 Å². The number of hydrogen-bond acceptors (Lipinski definition) is 4. The zero-order valence-electron chi connectivity index (χ0n) is 8.77. The Balaban J connectivity index is 2.67. The van der Waals surface area contributed by atoms with Crippen LogP contribution in [0.5, 0.6) is 5.75 Å². The van der Waals surface area contributed by atoms with E-state index in [1.165, 1.54) is 7.11 Å². The molecule has 0 fully saturated rings. The molecule has 0 saturated carbocycles. The first-order valence-electron chi connectivity index (χ1n) is 4.50. The van der Waals surface area contributed by atoms with Crippen LogP contribution in [0.4, 0.5) is 0 Å². The molecule has 0 bridgehead atoms. The highest BCUT2D eigenvalue weighted by atomic mass is 16.5. The summed E-state index contributed by atoms with van der Waals surface area (Å²) in [6, 6.07) is 3.60. The third-order valence-corrected chi connectivity index (χ3v) is 1.81. The lowest BCUT2D eigenvalue weighted by atomic mass is 10.3. The number of nitrogens with zero attached hydrogens (tertiary/aromatic N) is 1. The van der Waals surface area contributed by atoms with Crippen molar-refractivity contribution in [1.29, 1.82) is 0 Å². The fraction of sp³-hybridized carbons (Fsp3) is 0.273. The van der Waals surface area contributed by atoms with Gasteiger partial charge in [0.2, 0.25) is 0 Å². The summed E-state index contributed by atoms with van der Waals surface area (Å²) in [5.41, 5.74) is 0.698. The van der Waals surface area contributed by atoms with Crippen molar-refractivity contribution in [3.8, 4) is 5.75 Å².